The Morgan fingerprint density at radius 1 is 1.06 bits per heavy atom. The lowest BCUT2D eigenvalue weighted by Crippen LogP contribution is -2.39. The van der Waals surface area contributed by atoms with Crippen LogP contribution in [0.25, 0.3) is 10.6 Å². The van der Waals surface area contributed by atoms with Gasteiger partial charge in [-0.25, -0.2) is 9.78 Å². The Bertz CT molecular complexity index is 1040. The highest BCUT2D eigenvalue weighted by molar-refractivity contribution is 7.13. The molecule has 1 aliphatic heterocycles. The number of hydrogen-bond donors (Lipinski definition) is 1. The number of carbonyl (C=O) groups is 2. The van der Waals surface area contributed by atoms with Crippen molar-refractivity contribution in [3.05, 3.63) is 64.9 Å². The highest BCUT2D eigenvalue weighted by atomic mass is 35.5. The third kappa shape index (κ3) is 5.59. The maximum Gasteiger partial charge on any atom is 0.321 e. The van der Waals surface area contributed by atoms with Gasteiger partial charge in [0.25, 0.3) is 0 Å². The summed E-state index contributed by atoms with van der Waals surface area (Å²) in [6, 6.07) is 10.7. The van der Waals surface area contributed by atoms with E-state index in [9.17, 15) is 9.59 Å². The molecule has 0 atom stereocenters. The molecular weight excluding hydrogens is 434 g/mol. The summed E-state index contributed by atoms with van der Waals surface area (Å²) < 4.78 is 0. The zero-order chi connectivity index (χ0) is 21.6. The van der Waals surface area contributed by atoms with Gasteiger partial charge in [-0.05, 0) is 42.8 Å². The Hall–Kier alpha value is -2.97. The molecule has 1 N–H and O–H groups in total. The molecule has 1 fully saturated rings. The monoisotopic (exact) mass is 455 g/mol. The summed E-state index contributed by atoms with van der Waals surface area (Å²) in [4.78, 5) is 37.6. The smallest absolute Gasteiger partial charge is 0.321 e. The highest BCUT2D eigenvalue weighted by Crippen LogP contribution is 2.23. The molecule has 0 saturated carbocycles. The summed E-state index contributed by atoms with van der Waals surface area (Å²) in [7, 11) is 0. The number of anilines is 1. The van der Waals surface area contributed by atoms with Crippen molar-refractivity contribution >= 4 is 40.6 Å². The van der Waals surface area contributed by atoms with Crippen LogP contribution < -0.4 is 5.32 Å². The van der Waals surface area contributed by atoms with Crippen molar-refractivity contribution in [3.8, 4) is 10.6 Å². The Morgan fingerprint density at radius 3 is 2.61 bits per heavy atom. The van der Waals surface area contributed by atoms with Gasteiger partial charge in [0.05, 0.1) is 12.1 Å². The van der Waals surface area contributed by atoms with Gasteiger partial charge >= 0.3 is 6.03 Å². The number of nitrogens with zero attached hydrogens (tertiary/aromatic N) is 4. The minimum Gasteiger partial charge on any atom is -0.341 e. The number of aromatic nitrogens is 2. The van der Waals surface area contributed by atoms with Gasteiger partial charge in [-0.1, -0.05) is 11.6 Å². The van der Waals surface area contributed by atoms with Crippen LogP contribution in [-0.2, 0) is 11.2 Å². The molecule has 9 heteroatoms. The van der Waals surface area contributed by atoms with E-state index in [0.29, 0.717) is 36.9 Å². The number of carbonyl (C=O) groups excluding carboxylic acids is 2. The van der Waals surface area contributed by atoms with Gasteiger partial charge in [-0.15, -0.1) is 11.3 Å². The average molecular weight is 456 g/mol. The molecule has 0 aliphatic carbocycles. The molecule has 2 aromatic heterocycles. The second-order valence-corrected chi connectivity index (χ2v) is 8.52. The second-order valence-electron chi connectivity index (χ2n) is 7.22. The van der Waals surface area contributed by atoms with Crippen molar-refractivity contribution in [2.24, 2.45) is 0 Å². The lowest BCUT2D eigenvalue weighted by Gasteiger charge is -2.22. The van der Waals surface area contributed by atoms with E-state index in [1.807, 2.05) is 22.4 Å². The predicted octanol–water partition coefficient (Wildman–Crippen LogP) is 4.17. The molecule has 7 nitrogen and oxygen atoms in total. The van der Waals surface area contributed by atoms with Crippen LogP contribution in [0.2, 0.25) is 5.02 Å². The first-order valence-electron chi connectivity index (χ1n) is 10.0. The number of nitrogens with one attached hydrogen (secondary N) is 1. The van der Waals surface area contributed by atoms with E-state index < -0.39 is 0 Å². The van der Waals surface area contributed by atoms with Gasteiger partial charge in [0, 0.05) is 60.2 Å². The second kappa shape index (κ2) is 9.89. The minimum absolute atomic E-state index is 0.0306. The SMILES string of the molecule is O=C(Cc1csc(-c2cccnc2)n1)N1CCCN(C(=O)Nc2ccc(Cl)cc2)CC1. The first-order valence-corrected chi connectivity index (χ1v) is 11.3. The van der Waals surface area contributed by atoms with E-state index in [-0.39, 0.29) is 18.4 Å². The van der Waals surface area contributed by atoms with Crippen LogP contribution >= 0.6 is 22.9 Å². The summed E-state index contributed by atoms with van der Waals surface area (Å²) >= 11 is 7.40. The quantitative estimate of drug-likeness (QED) is 0.640. The Labute approximate surface area is 189 Å². The van der Waals surface area contributed by atoms with Crippen LogP contribution in [0.15, 0.2) is 54.2 Å². The van der Waals surface area contributed by atoms with Gasteiger partial charge in [0.1, 0.15) is 5.01 Å². The minimum atomic E-state index is -0.169. The molecule has 1 saturated heterocycles. The molecule has 3 heterocycles. The number of hydrogen-bond acceptors (Lipinski definition) is 5. The predicted molar refractivity (Wildman–Crippen MR) is 122 cm³/mol. The molecule has 160 valence electrons. The van der Waals surface area contributed by atoms with Crippen LogP contribution in [0.3, 0.4) is 0 Å². The number of pyridine rings is 1. The molecule has 3 amide bonds. The van der Waals surface area contributed by atoms with Crippen molar-refractivity contribution in [1.29, 1.82) is 0 Å². The summed E-state index contributed by atoms with van der Waals surface area (Å²) in [5.41, 5.74) is 2.40. The third-order valence-electron chi connectivity index (χ3n) is 5.02. The fraction of sp³-hybridized carbons (Fsp3) is 0.273. The van der Waals surface area contributed by atoms with E-state index in [0.717, 1.165) is 22.7 Å². The van der Waals surface area contributed by atoms with E-state index in [4.69, 9.17) is 11.6 Å². The van der Waals surface area contributed by atoms with Gasteiger partial charge < -0.3 is 15.1 Å². The first kappa shape index (κ1) is 21.3. The Balaban J connectivity index is 1.31. The molecule has 4 rings (SSSR count). The Morgan fingerprint density at radius 2 is 1.84 bits per heavy atom. The van der Waals surface area contributed by atoms with Gasteiger partial charge in [0.2, 0.25) is 5.91 Å². The van der Waals surface area contributed by atoms with Crippen molar-refractivity contribution in [2.45, 2.75) is 12.8 Å². The zero-order valence-electron chi connectivity index (χ0n) is 16.8. The van der Waals surface area contributed by atoms with E-state index in [1.165, 1.54) is 11.3 Å². The summed E-state index contributed by atoms with van der Waals surface area (Å²) in [6.07, 6.45) is 4.48. The Kier molecular flexibility index (Phi) is 6.79. The average Bonchev–Trinajstić information content (AvgIpc) is 3.10. The third-order valence-corrected chi connectivity index (χ3v) is 6.22. The van der Waals surface area contributed by atoms with Gasteiger partial charge in [0.15, 0.2) is 0 Å². The van der Waals surface area contributed by atoms with Crippen LogP contribution in [0.1, 0.15) is 12.1 Å². The number of halogens is 1. The van der Waals surface area contributed by atoms with Crippen molar-refractivity contribution in [2.75, 3.05) is 31.5 Å². The fourth-order valence-corrected chi connectivity index (χ4v) is 4.32. The number of benzene rings is 1. The molecule has 3 aromatic rings. The summed E-state index contributed by atoms with van der Waals surface area (Å²) in [5, 5.41) is 6.28. The largest absolute Gasteiger partial charge is 0.341 e. The summed E-state index contributed by atoms with van der Waals surface area (Å²) in [5.74, 6) is 0.0306. The molecular formula is C22H22ClN5O2S. The zero-order valence-corrected chi connectivity index (χ0v) is 18.4. The number of urea groups is 1. The lowest BCUT2D eigenvalue weighted by molar-refractivity contribution is -0.130. The van der Waals surface area contributed by atoms with E-state index >= 15 is 0 Å². The van der Waals surface area contributed by atoms with Crippen molar-refractivity contribution in [3.63, 3.8) is 0 Å². The maximum absolute atomic E-state index is 12.8. The van der Waals surface area contributed by atoms with Crippen LogP contribution in [0.4, 0.5) is 10.5 Å². The van der Waals surface area contributed by atoms with Gasteiger partial charge in [-0.2, -0.15) is 0 Å². The molecule has 1 aliphatic rings. The molecule has 0 bridgehead atoms. The lowest BCUT2D eigenvalue weighted by atomic mass is 10.2. The first-order chi connectivity index (χ1) is 15.1. The van der Waals surface area contributed by atoms with Crippen LogP contribution in [0.5, 0.6) is 0 Å². The maximum atomic E-state index is 12.8. The topological polar surface area (TPSA) is 78.4 Å². The molecule has 0 unspecified atom stereocenters. The number of rotatable bonds is 4. The molecule has 0 spiro atoms. The van der Waals surface area contributed by atoms with E-state index in [1.54, 1.807) is 41.6 Å². The fourth-order valence-electron chi connectivity index (χ4n) is 3.38. The van der Waals surface area contributed by atoms with E-state index in [2.05, 4.69) is 15.3 Å². The van der Waals surface area contributed by atoms with Crippen molar-refractivity contribution in [1.82, 2.24) is 19.8 Å². The van der Waals surface area contributed by atoms with Crippen LogP contribution in [0, 0.1) is 0 Å². The highest BCUT2D eigenvalue weighted by Gasteiger charge is 2.23. The summed E-state index contributed by atoms with van der Waals surface area (Å²) in [6.45, 7) is 2.23. The number of amides is 3. The molecule has 31 heavy (non-hydrogen) atoms. The van der Waals surface area contributed by atoms with Gasteiger partial charge in [-0.3, -0.25) is 9.78 Å². The molecule has 0 radical (unpaired) electrons. The standard InChI is InChI=1S/C22H22ClN5O2S/c23-17-4-6-18(7-5-17)26-22(30)28-10-2-9-27(11-12-28)20(29)13-19-15-31-21(25-19)16-3-1-8-24-14-16/h1,3-8,14-15H,2,9-13H2,(H,26,30). The number of thiazole rings is 1. The normalized spacial score (nSPS) is 14.2. The molecule has 1 aromatic carbocycles. The van der Waals surface area contributed by atoms with Crippen molar-refractivity contribution < 1.29 is 9.59 Å². The van der Waals surface area contributed by atoms with Crippen LogP contribution in [-0.4, -0.2) is 57.9 Å².